The van der Waals surface area contributed by atoms with Crippen LogP contribution in [0.5, 0.6) is 5.75 Å². The zero-order chi connectivity index (χ0) is 25.2. The van der Waals surface area contributed by atoms with Crippen LogP contribution in [0.15, 0.2) is 94.0 Å². The normalized spacial score (nSPS) is 11.4. The number of phenols is 1. The molecule has 0 aliphatic rings. The number of fused-ring (bicyclic) bond motifs is 1. The maximum absolute atomic E-state index is 12.9. The van der Waals surface area contributed by atoms with Crippen LogP contribution in [-0.4, -0.2) is 30.5 Å². The summed E-state index contributed by atoms with van der Waals surface area (Å²) in [6.45, 7) is 4.14. The first-order valence-electron chi connectivity index (χ1n) is 10.8. The van der Waals surface area contributed by atoms with Crippen molar-refractivity contribution in [3.8, 4) is 5.75 Å². The van der Waals surface area contributed by atoms with Crippen LogP contribution in [0.1, 0.15) is 22.8 Å². The zero-order valence-electron chi connectivity index (χ0n) is 20.0. The molecule has 1 N–H and O–H groups in total. The van der Waals surface area contributed by atoms with Crippen LogP contribution in [0.4, 0.5) is 17.1 Å². The molecule has 4 rings (SSSR count). The summed E-state index contributed by atoms with van der Waals surface area (Å²) in [6, 6.07) is 21.3. The molecule has 1 amide bonds. The molecule has 10 heteroatoms. The monoisotopic (exact) mass is 511 g/mol. The molecule has 0 radical (unpaired) electrons. The molecule has 178 valence electrons. The van der Waals surface area contributed by atoms with E-state index in [1.807, 2.05) is 25.1 Å². The van der Waals surface area contributed by atoms with Gasteiger partial charge in [-0.15, -0.1) is 5.11 Å². The summed E-state index contributed by atoms with van der Waals surface area (Å²) in [6.07, 6.45) is 0. The Morgan fingerprint density at radius 2 is 1.53 bits per heavy atom. The van der Waals surface area contributed by atoms with Gasteiger partial charge in [0.2, 0.25) is 0 Å². The molecule has 0 spiro atoms. The third kappa shape index (κ3) is 5.66. The van der Waals surface area contributed by atoms with Gasteiger partial charge in [0.15, 0.2) is 5.75 Å². The standard InChI is InChI=1S/C26H23N3O5S.Na/c1-3-29(26(31)18-9-5-4-6-10-18)19-13-14-22(17(2)15-19)27-28-23-16-24(35(32,33)34)20-11-7-8-12-21(20)25(23)30;/h4-16,30H,3H2,1-2H3,(H,32,33,34);/q;+1/p-1. The van der Waals surface area contributed by atoms with E-state index in [-0.39, 0.29) is 57.7 Å². The van der Waals surface area contributed by atoms with E-state index in [0.29, 0.717) is 29.0 Å². The van der Waals surface area contributed by atoms with E-state index < -0.39 is 15.0 Å². The van der Waals surface area contributed by atoms with Gasteiger partial charge in [-0.25, -0.2) is 8.42 Å². The molecule has 0 saturated carbocycles. The van der Waals surface area contributed by atoms with Gasteiger partial charge in [0.25, 0.3) is 5.91 Å². The summed E-state index contributed by atoms with van der Waals surface area (Å²) < 4.78 is 35.4. The number of hydrogen-bond donors (Lipinski definition) is 1. The Kier molecular flexibility index (Phi) is 8.65. The summed E-state index contributed by atoms with van der Waals surface area (Å²) in [5.74, 6) is -0.411. The first-order valence-corrected chi connectivity index (χ1v) is 12.2. The molecular formula is C26H22N3NaO5S. The molecule has 0 saturated heterocycles. The minimum atomic E-state index is -4.81. The summed E-state index contributed by atoms with van der Waals surface area (Å²) >= 11 is 0. The van der Waals surface area contributed by atoms with Crippen LogP contribution >= 0.6 is 0 Å². The van der Waals surface area contributed by atoms with Gasteiger partial charge in [0.1, 0.15) is 15.8 Å². The van der Waals surface area contributed by atoms with Crippen molar-refractivity contribution in [2.75, 3.05) is 11.4 Å². The molecule has 0 atom stereocenters. The summed E-state index contributed by atoms with van der Waals surface area (Å²) in [7, 11) is -4.81. The quantitative estimate of drug-likeness (QED) is 0.242. The molecule has 0 aliphatic heterocycles. The number of carbonyl (C=O) groups excluding carboxylic acids is 1. The zero-order valence-corrected chi connectivity index (χ0v) is 22.9. The van der Waals surface area contributed by atoms with E-state index in [0.717, 1.165) is 6.07 Å². The third-order valence-corrected chi connectivity index (χ3v) is 6.44. The van der Waals surface area contributed by atoms with Gasteiger partial charge in [-0.2, -0.15) is 5.11 Å². The first-order chi connectivity index (χ1) is 16.7. The van der Waals surface area contributed by atoms with Crippen molar-refractivity contribution in [2.24, 2.45) is 10.2 Å². The van der Waals surface area contributed by atoms with Crippen molar-refractivity contribution in [3.63, 3.8) is 0 Å². The smallest absolute Gasteiger partial charge is 0.744 e. The van der Waals surface area contributed by atoms with Gasteiger partial charge in [0, 0.05) is 28.6 Å². The maximum Gasteiger partial charge on any atom is 1.00 e. The van der Waals surface area contributed by atoms with Crippen molar-refractivity contribution in [1.82, 2.24) is 0 Å². The van der Waals surface area contributed by atoms with Crippen molar-refractivity contribution in [3.05, 3.63) is 90.0 Å². The van der Waals surface area contributed by atoms with Gasteiger partial charge in [0.05, 0.1) is 10.6 Å². The molecule has 0 aliphatic carbocycles. The van der Waals surface area contributed by atoms with E-state index in [1.165, 1.54) is 12.1 Å². The molecule has 0 unspecified atom stereocenters. The number of aryl methyl sites for hydroxylation is 1. The number of benzene rings is 4. The number of anilines is 1. The fraction of sp³-hybridized carbons (Fsp3) is 0.115. The maximum atomic E-state index is 12.9. The predicted molar refractivity (Wildman–Crippen MR) is 133 cm³/mol. The van der Waals surface area contributed by atoms with E-state index in [1.54, 1.807) is 54.3 Å². The Hall–Kier alpha value is -3.08. The Balaban J connectivity index is 0.00000361. The van der Waals surface area contributed by atoms with Crippen LogP contribution in [0, 0.1) is 6.92 Å². The second kappa shape index (κ2) is 11.3. The van der Waals surface area contributed by atoms with Crippen molar-refractivity contribution in [2.45, 2.75) is 18.7 Å². The number of carbonyl (C=O) groups is 1. The number of nitrogens with zero attached hydrogens (tertiary/aromatic N) is 3. The Morgan fingerprint density at radius 1 is 0.917 bits per heavy atom. The van der Waals surface area contributed by atoms with E-state index in [4.69, 9.17) is 0 Å². The topological polar surface area (TPSA) is 122 Å². The Bertz CT molecular complexity index is 1560. The number of aromatic hydroxyl groups is 1. The number of hydrogen-bond acceptors (Lipinski definition) is 7. The number of azo groups is 1. The molecule has 36 heavy (non-hydrogen) atoms. The van der Waals surface area contributed by atoms with Crippen molar-refractivity contribution < 1.29 is 52.4 Å². The number of phenolic OH excluding ortho intramolecular Hbond substituents is 1. The molecule has 4 aromatic rings. The van der Waals surface area contributed by atoms with E-state index >= 15 is 0 Å². The Morgan fingerprint density at radius 3 is 2.14 bits per heavy atom. The fourth-order valence-electron chi connectivity index (χ4n) is 3.80. The molecule has 0 heterocycles. The number of rotatable bonds is 6. The average Bonchev–Trinajstić information content (AvgIpc) is 2.85. The second-order valence-electron chi connectivity index (χ2n) is 7.83. The van der Waals surface area contributed by atoms with Crippen molar-refractivity contribution in [1.29, 1.82) is 0 Å². The average molecular weight is 512 g/mol. The summed E-state index contributed by atoms with van der Waals surface area (Å²) in [5.41, 5.74) is 2.28. The second-order valence-corrected chi connectivity index (χ2v) is 9.18. The van der Waals surface area contributed by atoms with Gasteiger partial charge in [-0.3, -0.25) is 4.79 Å². The number of amides is 1. The van der Waals surface area contributed by atoms with Gasteiger partial charge < -0.3 is 14.6 Å². The third-order valence-electron chi connectivity index (χ3n) is 5.57. The van der Waals surface area contributed by atoms with Crippen LogP contribution < -0.4 is 34.5 Å². The van der Waals surface area contributed by atoms with Crippen LogP contribution in [0.25, 0.3) is 10.8 Å². The molecule has 0 fully saturated rings. The van der Waals surface area contributed by atoms with Crippen LogP contribution in [0.2, 0.25) is 0 Å². The Labute approximate surface area is 231 Å². The van der Waals surface area contributed by atoms with Gasteiger partial charge in [-0.05, 0) is 55.8 Å². The summed E-state index contributed by atoms with van der Waals surface area (Å²) in [4.78, 5) is 14.1. The first kappa shape index (κ1) is 27.5. The fourth-order valence-corrected chi connectivity index (χ4v) is 4.51. The molecular weight excluding hydrogens is 489 g/mol. The van der Waals surface area contributed by atoms with Crippen molar-refractivity contribution >= 4 is 43.9 Å². The minimum Gasteiger partial charge on any atom is -0.744 e. The van der Waals surface area contributed by atoms with Gasteiger partial charge in [-0.1, -0.05) is 42.5 Å². The molecule has 4 aromatic carbocycles. The van der Waals surface area contributed by atoms with E-state index in [9.17, 15) is 22.9 Å². The molecule has 0 bridgehead atoms. The van der Waals surface area contributed by atoms with E-state index in [2.05, 4.69) is 10.2 Å². The molecule has 8 nitrogen and oxygen atoms in total. The minimum absolute atomic E-state index is 0. The molecule has 0 aromatic heterocycles. The predicted octanol–water partition coefficient (Wildman–Crippen LogP) is 2.84. The van der Waals surface area contributed by atoms with Crippen LogP contribution in [0.3, 0.4) is 0 Å². The largest absolute Gasteiger partial charge is 1.00 e. The summed E-state index contributed by atoms with van der Waals surface area (Å²) in [5, 5.41) is 19.1. The van der Waals surface area contributed by atoms with Gasteiger partial charge >= 0.3 is 29.6 Å². The SMILES string of the molecule is CCN(C(=O)c1ccccc1)c1ccc(N=Nc2cc(S(=O)(=O)[O-])c3ccccc3c2O)c(C)c1.[Na+]. The van der Waals surface area contributed by atoms with Crippen LogP contribution in [-0.2, 0) is 10.1 Å².